The summed E-state index contributed by atoms with van der Waals surface area (Å²) in [6.07, 6.45) is -12.1. The third kappa shape index (κ3) is 9.37. The second-order valence-corrected chi connectivity index (χ2v) is 11.4. The van der Waals surface area contributed by atoms with Crippen molar-refractivity contribution in [1.82, 2.24) is 0 Å². The largest absolute Gasteiger partial charge is 0.504 e. The molecule has 0 unspecified atom stereocenters. The molecule has 0 radical (unpaired) electrons. The fourth-order valence-corrected chi connectivity index (χ4v) is 5.39. The number of methoxy groups -OCH3 is 2. The van der Waals surface area contributed by atoms with Gasteiger partial charge in [0.1, 0.15) is 30.5 Å². The Morgan fingerprint density at radius 1 is 0.837 bits per heavy atom. The summed E-state index contributed by atoms with van der Waals surface area (Å²) in [6, 6.07) is 9.12. The number of aliphatic hydroxyl groups excluding tert-OH is 4. The number of carbonyl (C=O) groups is 2. The summed E-state index contributed by atoms with van der Waals surface area (Å²) in [7, 11) is 2.78. The van der Waals surface area contributed by atoms with Gasteiger partial charge in [-0.1, -0.05) is 12.1 Å². The van der Waals surface area contributed by atoms with Crippen molar-refractivity contribution in [3.63, 3.8) is 0 Å². The van der Waals surface area contributed by atoms with Crippen LogP contribution in [0.4, 0.5) is 0 Å². The zero-order valence-corrected chi connectivity index (χ0v) is 27.3. The lowest BCUT2D eigenvalue weighted by Crippen LogP contribution is -2.65. The fourth-order valence-electron chi connectivity index (χ4n) is 5.39. The maximum absolute atomic E-state index is 13.0. The van der Waals surface area contributed by atoms with Gasteiger partial charge in [0.05, 0.1) is 33.5 Å². The summed E-state index contributed by atoms with van der Waals surface area (Å²) in [5, 5.41) is 63.1. The Kier molecular flexibility index (Phi) is 13.2. The van der Waals surface area contributed by atoms with Crippen LogP contribution in [0.15, 0.2) is 42.5 Å². The van der Waals surface area contributed by atoms with E-state index in [9.17, 15) is 40.2 Å². The molecule has 2 heterocycles. The molecule has 2 aromatic carbocycles. The zero-order valence-electron chi connectivity index (χ0n) is 27.3. The highest BCUT2D eigenvalue weighted by atomic mass is 16.7. The fraction of sp³-hybridized carbons (Fsp3) is 0.515. The van der Waals surface area contributed by atoms with Crippen LogP contribution in [0.1, 0.15) is 25.0 Å². The van der Waals surface area contributed by atoms with Gasteiger partial charge in [0.25, 0.3) is 0 Å². The summed E-state index contributed by atoms with van der Waals surface area (Å²) in [5.41, 5.74) is 1.14. The first-order valence-corrected chi connectivity index (χ1v) is 15.4. The Hall–Kier alpha value is -4.00. The van der Waals surface area contributed by atoms with Crippen molar-refractivity contribution in [3.8, 4) is 23.0 Å². The molecule has 2 aliphatic rings. The number of carbonyl (C=O) groups excluding carboxylic acids is 2. The molecule has 6 N–H and O–H groups in total. The molecule has 0 saturated carbocycles. The number of hydrogen-bond acceptors (Lipinski definition) is 16. The van der Waals surface area contributed by atoms with Crippen LogP contribution in [-0.4, -0.2) is 131 Å². The van der Waals surface area contributed by atoms with Gasteiger partial charge in [0.2, 0.25) is 0 Å². The molecular weight excluding hydrogens is 652 g/mol. The van der Waals surface area contributed by atoms with Crippen LogP contribution in [0.2, 0.25) is 0 Å². The van der Waals surface area contributed by atoms with Gasteiger partial charge >= 0.3 is 11.9 Å². The minimum Gasteiger partial charge on any atom is -0.504 e. The smallest absolute Gasteiger partial charge is 0.331 e. The molecule has 49 heavy (non-hydrogen) atoms. The van der Waals surface area contributed by atoms with Crippen molar-refractivity contribution in [2.45, 2.75) is 81.7 Å². The monoisotopic (exact) mass is 694 g/mol. The van der Waals surface area contributed by atoms with Crippen molar-refractivity contribution in [3.05, 3.63) is 53.6 Å². The molecule has 0 amide bonds. The van der Waals surface area contributed by atoms with Crippen LogP contribution < -0.4 is 9.47 Å². The van der Waals surface area contributed by atoms with Gasteiger partial charge in [-0.05, 0) is 54.8 Å². The highest BCUT2D eigenvalue weighted by Crippen LogP contribution is 2.33. The molecule has 0 spiro atoms. The van der Waals surface area contributed by atoms with Crippen LogP contribution in [0.3, 0.4) is 0 Å². The molecule has 0 bridgehead atoms. The average molecular weight is 695 g/mol. The summed E-state index contributed by atoms with van der Waals surface area (Å²) < 4.78 is 44.1. The summed E-state index contributed by atoms with van der Waals surface area (Å²) in [6.45, 7) is 1.77. The van der Waals surface area contributed by atoms with E-state index in [-0.39, 0.29) is 36.0 Å². The first kappa shape index (κ1) is 37.8. The van der Waals surface area contributed by atoms with Gasteiger partial charge in [-0.15, -0.1) is 0 Å². The summed E-state index contributed by atoms with van der Waals surface area (Å²) in [5.74, 6) is -1.46. The van der Waals surface area contributed by atoms with Gasteiger partial charge < -0.3 is 68.5 Å². The number of benzene rings is 2. The van der Waals surface area contributed by atoms with Crippen molar-refractivity contribution < 1.29 is 78.1 Å². The summed E-state index contributed by atoms with van der Waals surface area (Å²) in [4.78, 5) is 24.7. The first-order chi connectivity index (χ1) is 23.4. The van der Waals surface area contributed by atoms with E-state index >= 15 is 0 Å². The minimum atomic E-state index is -1.75. The number of aromatic hydroxyl groups is 2. The SMILES string of the molecule is COc1ccc(CCO[C@@H]2O[C@H](CO)[C@@H](OC(=O)C=Cc3ccc(O)c(OC)c3)[C@H](O[C@@H]3O[C@@H](C)[C@H](O)[C@@H](OC(C)=O)[C@H]3O)[C@H]2O)cc1O. The topological polar surface area (TPSA) is 229 Å². The third-order valence-electron chi connectivity index (χ3n) is 7.95. The van der Waals surface area contributed by atoms with Gasteiger partial charge in [-0.25, -0.2) is 4.79 Å². The second kappa shape index (κ2) is 17.1. The highest BCUT2D eigenvalue weighted by molar-refractivity contribution is 5.87. The predicted octanol–water partition coefficient (Wildman–Crippen LogP) is 0.161. The van der Waals surface area contributed by atoms with E-state index in [0.717, 1.165) is 13.0 Å². The first-order valence-electron chi connectivity index (χ1n) is 15.4. The number of esters is 2. The number of aliphatic hydroxyl groups is 4. The number of hydrogen-bond donors (Lipinski definition) is 6. The number of phenols is 2. The second-order valence-electron chi connectivity index (χ2n) is 11.4. The molecule has 4 rings (SSSR count). The Balaban J connectivity index is 1.56. The standard InChI is InChI=1S/C33H42O16/c1-16-26(39)30(46-17(2)35)27(40)33(45-16)49-31-28(41)32(44-12-11-19-6-9-22(42-3)21(37)13-19)47-24(15-34)29(31)48-25(38)10-7-18-5-8-20(36)23(14-18)43-4/h5-10,13-14,16,24,26-34,36-37,39-41H,11-12,15H2,1-4H3/t16-,24+,26-,27+,28+,29+,30+,31+,32+,33-/m0/s1. The number of rotatable bonds is 13. The lowest BCUT2D eigenvalue weighted by molar-refractivity contribution is -0.357. The van der Waals surface area contributed by atoms with Crippen LogP contribution in [0, 0.1) is 0 Å². The normalized spacial score (nSPS) is 30.1. The summed E-state index contributed by atoms with van der Waals surface area (Å²) >= 11 is 0. The Bertz CT molecular complexity index is 1450. The average Bonchev–Trinajstić information content (AvgIpc) is 3.07. The predicted molar refractivity (Wildman–Crippen MR) is 166 cm³/mol. The van der Waals surface area contributed by atoms with Gasteiger partial charge in [-0.3, -0.25) is 4.79 Å². The maximum Gasteiger partial charge on any atom is 0.331 e. The van der Waals surface area contributed by atoms with Gasteiger partial charge in [0, 0.05) is 13.0 Å². The van der Waals surface area contributed by atoms with Crippen molar-refractivity contribution in [2.24, 2.45) is 0 Å². The minimum absolute atomic E-state index is 0.0397. The number of ether oxygens (including phenoxy) is 8. The van der Waals surface area contributed by atoms with Crippen molar-refractivity contribution in [1.29, 1.82) is 0 Å². The quantitative estimate of drug-likeness (QED) is 0.121. The van der Waals surface area contributed by atoms with Gasteiger partial charge in [0.15, 0.2) is 47.8 Å². The van der Waals surface area contributed by atoms with Crippen molar-refractivity contribution in [2.75, 3.05) is 27.4 Å². The van der Waals surface area contributed by atoms with Crippen LogP contribution >= 0.6 is 0 Å². The molecule has 0 aromatic heterocycles. The highest BCUT2D eigenvalue weighted by Gasteiger charge is 2.53. The zero-order chi connectivity index (χ0) is 35.8. The molecule has 16 heteroatoms. The lowest BCUT2D eigenvalue weighted by Gasteiger charge is -2.46. The van der Waals surface area contributed by atoms with Crippen molar-refractivity contribution >= 4 is 18.0 Å². The van der Waals surface area contributed by atoms with E-state index in [0.29, 0.717) is 11.1 Å². The van der Waals surface area contributed by atoms with Crippen LogP contribution in [0.25, 0.3) is 6.08 Å². The van der Waals surface area contributed by atoms with E-state index in [1.807, 2.05) is 0 Å². The molecule has 0 aliphatic carbocycles. The van der Waals surface area contributed by atoms with E-state index in [4.69, 9.17) is 37.9 Å². The van der Waals surface area contributed by atoms with Crippen LogP contribution in [-0.2, 0) is 44.4 Å². The Labute approximate surface area is 281 Å². The molecular formula is C33H42O16. The molecule has 2 aliphatic heterocycles. The van der Waals surface area contributed by atoms with E-state index in [1.165, 1.54) is 51.5 Å². The van der Waals surface area contributed by atoms with E-state index < -0.39 is 80.0 Å². The Morgan fingerprint density at radius 3 is 2.20 bits per heavy atom. The maximum atomic E-state index is 13.0. The lowest BCUT2D eigenvalue weighted by atomic mass is 9.96. The molecule has 2 fully saturated rings. The van der Waals surface area contributed by atoms with Gasteiger partial charge in [-0.2, -0.15) is 0 Å². The van der Waals surface area contributed by atoms with E-state index in [1.54, 1.807) is 12.1 Å². The third-order valence-corrected chi connectivity index (χ3v) is 7.95. The van der Waals surface area contributed by atoms with E-state index in [2.05, 4.69) is 0 Å². The van der Waals surface area contributed by atoms with Crippen LogP contribution in [0.5, 0.6) is 23.0 Å². The molecule has 270 valence electrons. The number of phenolic OH excluding ortho intramolecular Hbond substituents is 2. The Morgan fingerprint density at radius 2 is 1.55 bits per heavy atom. The molecule has 2 saturated heterocycles. The molecule has 2 aromatic rings. The molecule has 10 atom stereocenters. The molecule has 16 nitrogen and oxygen atoms in total.